The predicted octanol–water partition coefficient (Wildman–Crippen LogP) is 2.94. The fraction of sp³-hybridized carbons (Fsp3) is 0.111. The molecule has 0 saturated carbocycles. The highest BCUT2D eigenvalue weighted by atomic mass is 19.1. The molecule has 6 heteroatoms. The molecule has 3 aromatic rings. The van der Waals surface area contributed by atoms with Gasteiger partial charge in [-0.3, -0.25) is 4.79 Å². The Balaban J connectivity index is 1.64. The molecule has 122 valence electrons. The molecule has 0 aliphatic carbocycles. The number of benzene rings is 2. The van der Waals surface area contributed by atoms with Gasteiger partial charge in [0.1, 0.15) is 11.5 Å². The Labute approximate surface area is 137 Å². The topological polar surface area (TPSA) is 75.4 Å². The van der Waals surface area contributed by atoms with Crippen LogP contribution in [0.1, 0.15) is 22.2 Å². The van der Waals surface area contributed by atoms with Crippen LogP contribution in [0.4, 0.5) is 4.39 Å². The first kappa shape index (κ1) is 15.9. The van der Waals surface area contributed by atoms with Crippen LogP contribution in [0.2, 0.25) is 0 Å². The average Bonchev–Trinajstić information content (AvgIpc) is 3.11. The molecule has 3 rings (SSSR count). The summed E-state index contributed by atoms with van der Waals surface area (Å²) in [5.74, 6) is -1.03. The standard InChI is InChI=1S/C18H15FN2O3/c19-14-9-5-4-8-13(14)16(22)11-20-18(23)17-10-15(21-24-17)12-6-2-1-3-7-12/h1-10,16,22H,11H2,(H,20,23). The number of nitrogens with zero attached hydrogens (tertiary/aromatic N) is 1. The van der Waals surface area contributed by atoms with Crippen molar-refractivity contribution in [1.29, 1.82) is 0 Å². The van der Waals surface area contributed by atoms with Crippen LogP contribution in [0.5, 0.6) is 0 Å². The number of hydrogen-bond acceptors (Lipinski definition) is 4. The molecule has 24 heavy (non-hydrogen) atoms. The fourth-order valence-corrected chi connectivity index (χ4v) is 2.26. The molecule has 1 unspecified atom stereocenters. The van der Waals surface area contributed by atoms with E-state index in [-0.39, 0.29) is 17.9 Å². The lowest BCUT2D eigenvalue weighted by atomic mass is 10.1. The Kier molecular flexibility index (Phi) is 4.67. The largest absolute Gasteiger partial charge is 0.386 e. The van der Waals surface area contributed by atoms with Gasteiger partial charge in [0.05, 0.1) is 6.10 Å². The zero-order valence-corrected chi connectivity index (χ0v) is 12.6. The lowest BCUT2D eigenvalue weighted by Crippen LogP contribution is -2.28. The van der Waals surface area contributed by atoms with E-state index in [9.17, 15) is 14.3 Å². The van der Waals surface area contributed by atoms with Crippen LogP contribution in [0.25, 0.3) is 11.3 Å². The van der Waals surface area contributed by atoms with Crippen LogP contribution in [-0.2, 0) is 0 Å². The Morgan fingerprint density at radius 1 is 1.17 bits per heavy atom. The second-order valence-corrected chi connectivity index (χ2v) is 5.19. The molecular formula is C18H15FN2O3. The van der Waals surface area contributed by atoms with Crippen LogP contribution < -0.4 is 5.32 Å². The third kappa shape index (κ3) is 3.49. The van der Waals surface area contributed by atoms with Crippen molar-refractivity contribution < 1.29 is 18.8 Å². The lowest BCUT2D eigenvalue weighted by molar-refractivity contribution is 0.0878. The van der Waals surface area contributed by atoms with Gasteiger partial charge in [0.15, 0.2) is 0 Å². The summed E-state index contributed by atoms with van der Waals surface area (Å²) in [6.45, 7) is -0.138. The highest BCUT2D eigenvalue weighted by Gasteiger charge is 2.17. The molecule has 0 spiro atoms. The minimum atomic E-state index is -1.15. The first-order valence-corrected chi connectivity index (χ1v) is 7.38. The normalized spacial score (nSPS) is 11.9. The Hall–Kier alpha value is -2.99. The number of rotatable bonds is 5. The van der Waals surface area contributed by atoms with E-state index in [4.69, 9.17) is 4.52 Å². The maximum atomic E-state index is 13.6. The van der Waals surface area contributed by atoms with Gasteiger partial charge >= 0.3 is 0 Å². The van der Waals surface area contributed by atoms with E-state index >= 15 is 0 Å². The zero-order chi connectivity index (χ0) is 16.9. The first-order chi connectivity index (χ1) is 11.6. The molecule has 0 fully saturated rings. The van der Waals surface area contributed by atoms with Gasteiger partial charge in [0.25, 0.3) is 5.91 Å². The maximum Gasteiger partial charge on any atom is 0.290 e. The molecule has 1 heterocycles. The summed E-state index contributed by atoms with van der Waals surface area (Å²) in [7, 11) is 0. The van der Waals surface area contributed by atoms with Gasteiger partial charge in [0, 0.05) is 23.7 Å². The Morgan fingerprint density at radius 2 is 1.88 bits per heavy atom. The highest BCUT2D eigenvalue weighted by molar-refractivity contribution is 5.92. The maximum absolute atomic E-state index is 13.6. The molecule has 0 aliphatic heterocycles. The van der Waals surface area contributed by atoms with Crippen molar-refractivity contribution in [2.75, 3.05) is 6.54 Å². The van der Waals surface area contributed by atoms with Gasteiger partial charge in [-0.2, -0.15) is 0 Å². The number of hydrogen-bond donors (Lipinski definition) is 2. The highest BCUT2D eigenvalue weighted by Crippen LogP contribution is 2.19. The smallest absolute Gasteiger partial charge is 0.290 e. The van der Waals surface area contributed by atoms with Crippen molar-refractivity contribution in [3.8, 4) is 11.3 Å². The van der Waals surface area contributed by atoms with E-state index in [2.05, 4.69) is 10.5 Å². The quantitative estimate of drug-likeness (QED) is 0.756. The first-order valence-electron chi connectivity index (χ1n) is 7.38. The van der Waals surface area contributed by atoms with Crippen molar-refractivity contribution in [1.82, 2.24) is 10.5 Å². The molecule has 1 aromatic heterocycles. The van der Waals surface area contributed by atoms with E-state index in [1.807, 2.05) is 30.3 Å². The van der Waals surface area contributed by atoms with Crippen molar-refractivity contribution in [3.63, 3.8) is 0 Å². The van der Waals surface area contributed by atoms with E-state index in [1.165, 1.54) is 24.3 Å². The van der Waals surface area contributed by atoms with Gasteiger partial charge in [-0.05, 0) is 6.07 Å². The van der Waals surface area contributed by atoms with E-state index in [1.54, 1.807) is 6.07 Å². The average molecular weight is 326 g/mol. The molecule has 1 atom stereocenters. The molecule has 0 radical (unpaired) electrons. The SMILES string of the molecule is O=C(NCC(O)c1ccccc1F)c1cc(-c2ccccc2)no1. The number of amides is 1. The number of halogens is 1. The Morgan fingerprint density at radius 3 is 2.62 bits per heavy atom. The summed E-state index contributed by atoms with van der Waals surface area (Å²) in [6.07, 6.45) is -1.15. The summed E-state index contributed by atoms with van der Waals surface area (Å²) in [5.41, 5.74) is 1.49. The Bertz CT molecular complexity index is 833. The number of carbonyl (C=O) groups excluding carboxylic acids is 1. The summed E-state index contributed by atoms with van der Waals surface area (Å²) >= 11 is 0. The molecule has 2 N–H and O–H groups in total. The minimum absolute atomic E-state index is 0.0228. The molecule has 1 amide bonds. The van der Waals surface area contributed by atoms with Crippen LogP contribution in [0.15, 0.2) is 65.2 Å². The van der Waals surface area contributed by atoms with Gasteiger partial charge < -0.3 is 14.9 Å². The number of nitrogens with one attached hydrogen (secondary N) is 1. The van der Waals surface area contributed by atoms with Crippen molar-refractivity contribution in [3.05, 3.63) is 77.8 Å². The van der Waals surface area contributed by atoms with Gasteiger partial charge in [-0.25, -0.2) is 4.39 Å². The van der Waals surface area contributed by atoms with Gasteiger partial charge in [-0.1, -0.05) is 53.7 Å². The summed E-state index contributed by atoms with van der Waals surface area (Å²) in [4.78, 5) is 12.1. The monoisotopic (exact) mass is 326 g/mol. The van der Waals surface area contributed by atoms with Gasteiger partial charge in [0.2, 0.25) is 5.76 Å². The third-order valence-electron chi connectivity index (χ3n) is 3.52. The molecule has 0 bridgehead atoms. The van der Waals surface area contributed by atoms with Crippen LogP contribution >= 0.6 is 0 Å². The van der Waals surface area contributed by atoms with Crippen molar-refractivity contribution >= 4 is 5.91 Å². The molecule has 0 aliphatic rings. The van der Waals surface area contributed by atoms with Crippen molar-refractivity contribution in [2.24, 2.45) is 0 Å². The van der Waals surface area contributed by atoms with Crippen LogP contribution in [-0.4, -0.2) is 22.7 Å². The third-order valence-corrected chi connectivity index (χ3v) is 3.52. The molecular weight excluding hydrogens is 311 g/mol. The number of aromatic nitrogens is 1. The number of aliphatic hydroxyl groups excluding tert-OH is 1. The molecule has 2 aromatic carbocycles. The molecule has 5 nitrogen and oxygen atoms in total. The van der Waals surface area contributed by atoms with Crippen LogP contribution in [0.3, 0.4) is 0 Å². The van der Waals surface area contributed by atoms with E-state index in [0.717, 1.165) is 5.56 Å². The fourth-order valence-electron chi connectivity index (χ4n) is 2.26. The molecule has 0 saturated heterocycles. The summed E-state index contributed by atoms with van der Waals surface area (Å²) in [6, 6.07) is 16.7. The van der Waals surface area contributed by atoms with E-state index in [0.29, 0.717) is 5.69 Å². The van der Waals surface area contributed by atoms with Crippen LogP contribution in [0, 0.1) is 5.82 Å². The minimum Gasteiger partial charge on any atom is -0.386 e. The van der Waals surface area contributed by atoms with Crippen molar-refractivity contribution in [2.45, 2.75) is 6.10 Å². The number of carbonyl (C=O) groups is 1. The lowest BCUT2D eigenvalue weighted by Gasteiger charge is -2.12. The second kappa shape index (κ2) is 7.06. The van der Waals surface area contributed by atoms with Gasteiger partial charge in [-0.15, -0.1) is 0 Å². The zero-order valence-electron chi connectivity index (χ0n) is 12.6. The predicted molar refractivity (Wildman–Crippen MR) is 85.6 cm³/mol. The van der Waals surface area contributed by atoms with E-state index < -0.39 is 17.8 Å². The second-order valence-electron chi connectivity index (χ2n) is 5.19. The summed E-state index contributed by atoms with van der Waals surface area (Å²) < 4.78 is 18.6. The number of aliphatic hydroxyl groups is 1. The summed E-state index contributed by atoms with van der Waals surface area (Å²) in [5, 5.41) is 16.3.